The van der Waals surface area contributed by atoms with Crippen molar-refractivity contribution in [2.75, 3.05) is 4.90 Å². The molecule has 42 heavy (non-hydrogen) atoms. The maximum atomic E-state index is 6.21. The van der Waals surface area contributed by atoms with Crippen LogP contribution in [0.1, 0.15) is 0 Å². The topological polar surface area (TPSA) is 16.4 Å². The summed E-state index contributed by atoms with van der Waals surface area (Å²) in [5.74, 6) is 0.865. The summed E-state index contributed by atoms with van der Waals surface area (Å²) in [6, 6.07) is 57.9. The lowest BCUT2D eigenvalue weighted by molar-refractivity contribution is 0.631. The van der Waals surface area contributed by atoms with Crippen LogP contribution < -0.4 is 4.90 Å². The molecule has 2 heteroatoms. The van der Waals surface area contributed by atoms with E-state index < -0.39 is 0 Å². The number of hydrogen-bond acceptors (Lipinski definition) is 2. The monoisotopic (exact) mass is 537 g/mol. The maximum Gasteiger partial charge on any atom is 0.135 e. The van der Waals surface area contributed by atoms with Gasteiger partial charge in [-0.15, -0.1) is 0 Å². The quantitative estimate of drug-likeness (QED) is 0.203. The van der Waals surface area contributed by atoms with Gasteiger partial charge in [-0.3, -0.25) is 0 Å². The molecule has 0 aliphatic heterocycles. The number of fused-ring (bicyclic) bond motifs is 4. The third kappa shape index (κ3) is 4.22. The van der Waals surface area contributed by atoms with Crippen molar-refractivity contribution < 1.29 is 4.42 Å². The Labute approximate surface area is 244 Å². The minimum Gasteiger partial charge on any atom is -0.456 e. The molecule has 0 aliphatic rings. The van der Waals surface area contributed by atoms with Crippen LogP contribution >= 0.6 is 0 Å². The third-order valence-electron chi connectivity index (χ3n) is 8.03. The van der Waals surface area contributed by atoms with E-state index in [1.807, 2.05) is 18.2 Å². The number of nitrogens with zero attached hydrogens (tertiary/aromatic N) is 1. The molecule has 0 saturated heterocycles. The minimum atomic E-state index is 0.865. The Morgan fingerprint density at radius 3 is 1.83 bits per heavy atom. The fraction of sp³-hybridized carbons (Fsp3) is 0. The predicted molar refractivity (Wildman–Crippen MR) is 177 cm³/mol. The molecule has 0 radical (unpaired) electrons. The van der Waals surface area contributed by atoms with Gasteiger partial charge in [0.15, 0.2) is 0 Å². The smallest absolute Gasteiger partial charge is 0.135 e. The van der Waals surface area contributed by atoms with Gasteiger partial charge in [0, 0.05) is 28.0 Å². The van der Waals surface area contributed by atoms with Crippen LogP contribution in [0.15, 0.2) is 168 Å². The first-order valence-electron chi connectivity index (χ1n) is 14.3. The summed E-state index contributed by atoms with van der Waals surface area (Å²) in [5, 5.41) is 6.19. The van der Waals surface area contributed by atoms with Gasteiger partial charge in [-0.2, -0.15) is 0 Å². The molecular weight excluding hydrogens is 510 g/mol. The van der Waals surface area contributed by atoms with Gasteiger partial charge in [0.25, 0.3) is 0 Å². The number of para-hydroxylation sites is 2. The van der Waals surface area contributed by atoms with Gasteiger partial charge in [-0.05, 0) is 87.3 Å². The van der Waals surface area contributed by atoms with E-state index in [1.54, 1.807) is 0 Å². The van der Waals surface area contributed by atoms with E-state index in [0.29, 0.717) is 0 Å². The molecule has 8 aromatic rings. The summed E-state index contributed by atoms with van der Waals surface area (Å²) >= 11 is 0. The molecule has 0 aliphatic carbocycles. The molecule has 1 heterocycles. The molecule has 0 saturated carbocycles. The molecule has 0 N–H and O–H groups in total. The minimum absolute atomic E-state index is 0.865. The Bertz CT molecular complexity index is 2160. The van der Waals surface area contributed by atoms with Crippen LogP contribution in [0.3, 0.4) is 0 Å². The van der Waals surface area contributed by atoms with Crippen LogP contribution in [0.4, 0.5) is 17.1 Å². The number of benzene rings is 7. The fourth-order valence-electron chi connectivity index (χ4n) is 6.03. The Morgan fingerprint density at radius 1 is 0.381 bits per heavy atom. The van der Waals surface area contributed by atoms with E-state index in [4.69, 9.17) is 4.42 Å². The van der Waals surface area contributed by atoms with Crippen molar-refractivity contribution >= 4 is 49.6 Å². The SMILES string of the molecule is c1ccc(N(c2ccc(-c3cc4ccccc4c4ccccc34)cc2)c2cccc(-c3cc4ccccc4o3)c2)cc1. The van der Waals surface area contributed by atoms with Crippen LogP contribution in [0.5, 0.6) is 0 Å². The zero-order chi connectivity index (χ0) is 27.9. The summed E-state index contributed by atoms with van der Waals surface area (Å²) in [6.07, 6.45) is 0. The molecule has 7 aromatic carbocycles. The lowest BCUT2D eigenvalue weighted by Crippen LogP contribution is -2.09. The fourth-order valence-corrected chi connectivity index (χ4v) is 6.03. The van der Waals surface area contributed by atoms with Gasteiger partial charge in [0.1, 0.15) is 11.3 Å². The lowest BCUT2D eigenvalue weighted by atomic mass is 9.93. The van der Waals surface area contributed by atoms with Crippen LogP contribution in [-0.4, -0.2) is 0 Å². The van der Waals surface area contributed by atoms with E-state index in [1.165, 1.54) is 32.7 Å². The molecule has 0 unspecified atom stereocenters. The summed E-state index contributed by atoms with van der Waals surface area (Å²) in [6.45, 7) is 0. The third-order valence-corrected chi connectivity index (χ3v) is 8.03. The summed E-state index contributed by atoms with van der Waals surface area (Å²) in [4.78, 5) is 2.30. The second-order valence-electron chi connectivity index (χ2n) is 10.6. The van der Waals surface area contributed by atoms with Gasteiger partial charge in [0.05, 0.1) is 0 Å². The summed E-state index contributed by atoms with van der Waals surface area (Å²) in [5.41, 5.74) is 7.65. The van der Waals surface area contributed by atoms with Crippen molar-refractivity contribution in [3.8, 4) is 22.5 Å². The average molecular weight is 538 g/mol. The highest BCUT2D eigenvalue weighted by Gasteiger charge is 2.15. The highest BCUT2D eigenvalue weighted by atomic mass is 16.3. The Kier molecular flexibility index (Phi) is 5.82. The first-order chi connectivity index (χ1) is 20.8. The van der Waals surface area contributed by atoms with Crippen molar-refractivity contribution in [1.82, 2.24) is 0 Å². The van der Waals surface area contributed by atoms with Crippen LogP contribution in [0, 0.1) is 0 Å². The first-order valence-corrected chi connectivity index (χ1v) is 14.3. The van der Waals surface area contributed by atoms with Gasteiger partial charge in [-0.1, -0.05) is 109 Å². The predicted octanol–water partition coefficient (Wildman–Crippen LogP) is 11.5. The molecule has 0 spiro atoms. The Morgan fingerprint density at radius 2 is 1.02 bits per heavy atom. The molecule has 8 rings (SSSR count). The molecule has 0 fully saturated rings. The van der Waals surface area contributed by atoms with E-state index >= 15 is 0 Å². The molecule has 198 valence electrons. The number of anilines is 3. The zero-order valence-electron chi connectivity index (χ0n) is 22.9. The van der Waals surface area contributed by atoms with Crippen molar-refractivity contribution in [2.24, 2.45) is 0 Å². The molecule has 2 nitrogen and oxygen atoms in total. The highest BCUT2D eigenvalue weighted by Crippen LogP contribution is 2.40. The van der Waals surface area contributed by atoms with Crippen molar-refractivity contribution in [3.05, 3.63) is 164 Å². The standard InChI is InChI=1S/C40H27NO/c1-2-14-32(15-3-1)41(34-16-10-13-30(25-34)40-27-31-12-5-9-20-39(31)42-40)33-23-21-28(22-24-33)38-26-29-11-4-6-17-35(29)36-18-7-8-19-37(36)38/h1-27H. The average Bonchev–Trinajstić information content (AvgIpc) is 3.50. The largest absolute Gasteiger partial charge is 0.456 e. The van der Waals surface area contributed by atoms with Crippen molar-refractivity contribution in [3.63, 3.8) is 0 Å². The summed E-state index contributed by atoms with van der Waals surface area (Å²) in [7, 11) is 0. The van der Waals surface area contributed by atoms with Gasteiger partial charge < -0.3 is 9.32 Å². The van der Waals surface area contributed by atoms with Crippen LogP contribution in [0.2, 0.25) is 0 Å². The summed E-state index contributed by atoms with van der Waals surface area (Å²) < 4.78 is 6.21. The number of rotatable bonds is 5. The van der Waals surface area contributed by atoms with Gasteiger partial charge >= 0.3 is 0 Å². The van der Waals surface area contributed by atoms with Gasteiger partial charge in [0.2, 0.25) is 0 Å². The van der Waals surface area contributed by atoms with E-state index in [-0.39, 0.29) is 0 Å². The second-order valence-corrected chi connectivity index (χ2v) is 10.6. The number of hydrogen-bond donors (Lipinski definition) is 0. The normalized spacial score (nSPS) is 11.3. The Hall–Kier alpha value is -5.60. The lowest BCUT2D eigenvalue weighted by Gasteiger charge is -2.26. The highest BCUT2D eigenvalue weighted by molar-refractivity contribution is 6.13. The molecule has 0 bridgehead atoms. The maximum absolute atomic E-state index is 6.21. The molecule has 0 atom stereocenters. The van der Waals surface area contributed by atoms with E-state index in [0.717, 1.165) is 39.4 Å². The molecular formula is C40H27NO. The van der Waals surface area contributed by atoms with Crippen LogP contribution in [-0.2, 0) is 0 Å². The molecule has 0 amide bonds. The van der Waals surface area contributed by atoms with Gasteiger partial charge in [-0.25, -0.2) is 0 Å². The molecule has 1 aromatic heterocycles. The van der Waals surface area contributed by atoms with E-state index in [9.17, 15) is 0 Å². The Balaban J connectivity index is 1.23. The van der Waals surface area contributed by atoms with Crippen molar-refractivity contribution in [2.45, 2.75) is 0 Å². The van der Waals surface area contributed by atoms with Crippen LogP contribution in [0.25, 0.3) is 55.0 Å². The van der Waals surface area contributed by atoms with E-state index in [2.05, 4.69) is 150 Å². The first kappa shape index (κ1) is 24.2. The number of furan rings is 1. The van der Waals surface area contributed by atoms with Crippen molar-refractivity contribution in [1.29, 1.82) is 0 Å². The zero-order valence-corrected chi connectivity index (χ0v) is 22.9. The second kappa shape index (κ2) is 10.1.